The first-order valence-corrected chi connectivity index (χ1v) is 5.02. The van der Waals surface area contributed by atoms with E-state index in [0.717, 1.165) is 6.42 Å². The maximum atomic E-state index is 5.52. The van der Waals surface area contributed by atoms with Gasteiger partial charge in [0.15, 0.2) is 0 Å². The number of rotatable bonds is 5. The fourth-order valence-electron chi connectivity index (χ4n) is 0.953. The van der Waals surface area contributed by atoms with Gasteiger partial charge in [-0.2, -0.15) is 15.0 Å². The van der Waals surface area contributed by atoms with Crippen molar-refractivity contribution < 1.29 is 4.74 Å². The van der Waals surface area contributed by atoms with Crippen LogP contribution in [0.3, 0.4) is 0 Å². The molecule has 0 aliphatic heterocycles. The molecule has 0 radical (unpaired) electrons. The van der Waals surface area contributed by atoms with Gasteiger partial charge in [0.25, 0.3) is 0 Å². The van der Waals surface area contributed by atoms with Crippen molar-refractivity contribution in [3.8, 4) is 6.01 Å². The Labute approximate surface area is 89.3 Å². The molecular weight excluding hydrogens is 194 g/mol. The predicted molar refractivity (Wildman–Crippen MR) is 58.8 cm³/mol. The number of nitrogens with zero attached hydrogens (tertiary/aromatic N) is 3. The van der Waals surface area contributed by atoms with Crippen molar-refractivity contribution in [1.82, 2.24) is 15.0 Å². The van der Waals surface area contributed by atoms with Crippen molar-refractivity contribution in [2.75, 3.05) is 17.7 Å². The van der Waals surface area contributed by atoms with Crippen LogP contribution in [-0.2, 0) is 0 Å². The molecule has 0 atom stereocenters. The third kappa shape index (κ3) is 3.97. The van der Waals surface area contributed by atoms with Crippen molar-refractivity contribution in [3.05, 3.63) is 0 Å². The first-order chi connectivity index (χ1) is 7.11. The van der Waals surface area contributed by atoms with Gasteiger partial charge in [-0.25, -0.2) is 0 Å². The number of nitrogens with two attached hydrogens (primary N) is 1. The van der Waals surface area contributed by atoms with Gasteiger partial charge < -0.3 is 15.8 Å². The normalized spacial score (nSPS) is 10.4. The van der Waals surface area contributed by atoms with Gasteiger partial charge in [-0.3, -0.25) is 0 Å². The molecule has 0 saturated carbocycles. The van der Waals surface area contributed by atoms with E-state index in [1.54, 1.807) is 0 Å². The summed E-state index contributed by atoms with van der Waals surface area (Å²) in [6, 6.07) is 0.512. The Morgan fingerprint density at radius 3 is 2.67 bits per heavy atom. The van der Waals surface area contributed by atoms with Crippen molar-refractivity contribution in [2.24, 2.45) is 0 Å². The Morgan fingerprint density at radius 1 is 1.33 bits per heavy atom. The molecule has 0 aliphatic rings. The summed E-state index contributed by atoms with van der Waals surface area (Å²) in [4.78, 5) is 11.9. The molecule has 84 valence electrons. The maximum Gasteiger partial charge on any atom is 0.323 e. The number of ether oxygens (including phenoxy) is 1. The lowest BCUT2D eigenvalue weighted by atomic mass is 10.4. The summed E-state index contributed by atoms with van der Waals surface area (Å²) in [6.45, 7) is 6.57. The molecule has 0 bridgehead atoms. The third-order valence-electron chi connectivity index (χ3n) is 1.49. The minimum Gasteiger partial charge on any atom is -0.463 e. The highest BCUT2D eigenvalue weighted by Crippen LogP contribution is 2.09. The van der Waals surface area contributed by atoms with Gasteiger partial charge in [0.2, 0.25) is 11.9 Å². The van der Waals surface area contributed by atoms with Gasteiger partial charge in [-0.15, -0.1) is 0 Å². The summed E-state index contributed by atoms with van der Waals surface area (Å²) >= 11 is 0. The van der Waals surface area contributed by atoms with Crippen LogP contribution in [0.4, 0.5) is 11.9 Å². The molecule has 1 rings (SSSR count). The van der Waals surface area contributed by atoms with Crippen LogP contribution >= 0.6 is 0 Å². The van der Waals surface area contributed by atoms with Crippen LogP contribution in [0.15, 0.2) is 0 Å². The minimum absolute atomic E-state index is 0.166. The van der Waals surface area contributed by atoms with E-state index in [0.29, 0.717) is 12.6 Å². The van der Waals surface area contributed by atoms with Gasteiger partial charge in [-0.05, 0) is 20.3 Å². The van der Waals surface area contributed by atoms with Gasteiger partial charge in [-0.1, -0.05) is 6.92 Å². The first-order valence-electron chi connectivity index (χ1n) is 5.02. The molecule has 6 heteroatoms. The average molecular weight is 211 g/mol. The summed E-state index contributed by atoms with van der Waals surface area (Å²) in [6.07, 6.45) is 0.901. The minimum atomic E-state index is 0.166. The molecule has 15 heavy (non-hydrogen) atoms. The lowest BCUT2D eigenvalue weighted by molar-refractivity contribution is 0.292. The molecular formula is C9H17N5O. The highest BCUT2D eigenvalue weighted by molar-refractivity contribution is 5.33. The Bertz CT molecular complexity index is 315. The van der Waals surface area contributed by atoms with E-state index in [2.05, 4.69) is 20.3 Å². The van der Waals surface area contributed by atoms with Crippen LogP contribution in [0.2, 0.25) is 0 Å². The monoisotopic (exact) mass is 211 g/mol. The molecule has 0 amide bonds. The largest absolute Gasteiger partial charge is 0.463 e. The quantitative estimate of drug-likeness (QED) is 0.757. The Balaban J connectivity index is 2.75. The molecule has 1 aromatic rings. The molecule has 0 saturated heterocycles. The second-order valence-corrected chi connectivity index (χ2v) is 3.45. The fraction of sp³-hybridized carbons (Fsp3) is 0.667. The highest BCUT2D eigenvalue weighted by Gasteiger charge is 2.05. The molecule has 0 unspecified atom stereocenters. The SMILES string of the molecule is CCCOc1nc(N)nc(NC(C)C)n1. The molecule has 6 nitrogen and oxygen atoms in total. The number of hydrogen-bond acceptors (Lipinski definition) is 6. The van der Waals surface area contributed by atoms with Crippen molar-refractivity contribution >= 4 is 11.9 Å². The van der Waals surface area contributed by atoms with Crippen LogP contribution in [0, 0.1) is 0 Å². The number of anilines is 2. The van der Waals surface area contributed by atoms with E-state index >= 15 is 0 Å². The summed E-state index contributed by atoms with van der Waals surface area (Å²) < 4.78 is 5.28. The smallest absolute Gasteiger partial charge is 0.323 e. The summed E-state index contributed by atoms with van der Waals surface area (Å²) in [5.74, 6) is 0.614. The number of nitrogens with one attached hydrogen (secondary N) is 1. The standard InChI is InChI=1S/C9H17N5O/c1-4-5-15-9-13-7(10)12-8(14-9)11-6(2)3/h6H,4-5H2,1-3H3,(H3,10,11,12,13,14). The Morgan fingerprint density at radius 2 is 2.07 bits per heavy atom. The summed E-state index contributed by atoms with van der Waals surface area (Å²) in [7, 11) is 0. The highest BCUT2D eigenvalue weighted by atomic mass is 16.5. The van der Waals surface area contributed by atoms with E-state index in [1.807, 2.05) is 20.8 Å². The van der Waals surface area contributed by atoms with E-state index < -0.39 is 0 Å². The Kier molecular flexibility index (Phi) is 4.08. The van der Waals surface area contributed by atoms with Gasteiger partial charge >= 0.3 is 6.01 Å². The lowest BCUT2D eigenvalue weighted by Gasteiger charge is -2.09. The van der Waals surface area contributed by atoms with E-state index in [4.69, 9.17) is 10.5 Å². The molecule has 0 aliphatic carbocycles. The Hall–Kier alpha value is -1.59. The van der Waals surface area contributed by atoms with Crippen LogP contribution in [0.5, 0.6) is 6.01 Å². The van der Waals surface area contributed by atoms with Gasteiger partial charge in [0, 0.05) is 6.04 Å². The summed E-state index contributed by atoms with van der Waals surface area (Å²) in [5, 5.41) is 3.04. The van der Waals surface area contributed by atoms with Crippen LogP contribution in [0.25, 0.3) is 0 Å². The van der Waals surface area contributed by atoms with E-state index in [9.17, 15) is 0 Å². The molecule has 0 fully saturated rings. The maximum absolute atomic E-state index is 5.52. The van der Waals surface area contributed by atoms with E-state index in [1.165, 1.54) is 0 Å². The second-order valence-electron chi connectivity index (χ2n) is 3.45. The average Bonchev–Trinajstić information content (AvgIpc) is 2.12. The van der Waals surface area contributed by atoms with Crippen LogP contribution < -0.4 is 15.8 Å². The zero-order valence-corrected chi connectivity index (χ0v) is 9.32. The van der Waals surface area contributed by atoms with Crippen molar-refractivity contribution in [2.45, 2.75) is 33.2 Å². The summed E-state index contributed by atoms with van der Waals surface area (Å²) in [5.41, 5.74) is 5.52. The lowest BCUT2D eigenvalue weighted by Crippen LogP contribution is -2.15. The first kappa shape index (κ1) is 11.5. The molecule has 0 aromatic carbocycles. The molecule has 0 spiro atoms. The van der Waals surface area contributed by atoms with Crippen LogP contribution in [0.1, 0.15) is 27.2 Å². The van der Waals surface area contributed by atoms with Gasteiger partial charge in [0.05, 0.1) is 6.61 Å². The number of nitrogen functional groups attached to an aromatic ring is 1. The van der Waals surface area contributed by atoms with E-state index in [-0.39, 0.29) is 18.0 Å². The number of aromatic nitrogens is 3. The zero-order valence-electron chi connectivity index (χ0n) is 9.32. The molecule has 3 N–H and O–H groups in total. The van der Waals surface area contributed by atoms with Gasteiger partial charge in [0.1, 0.15) is 0 Å². The molecule has 1 aromatic heterocycles. The van der Waals surface area contributed by atoms with Crippen LogP contribution in [-0.4, -0.2) is 27.6 Å². The second kappa shape index (κ2) is 5.33. The fourth-order valence-corrected chi connectivity index (χ4v) is 0.953. The zero-order chi connectivity index (χ0) is 11.3. The van der Waals surface area contributed by atoms with Crippen molar-refractivity contribution in [1.29, 1.82) is 0 Å². The topological polar surface area (TPSA) is 86.0 Å². The number of hydrogen-bond donors (Lipinski definition) is 2. The molecule has 1 heterocycles. The third-order valence-corrected chi connectivity index (χ3v) is 1.49. The predicted octanol–water partition coefficient (Wildman–Crippen LogP) is 1.06. The van der Waals surface area contributed by atoms with Crippen molar-refractivity contribution in [3.63, 3.8) is 0 Å².